The third-order valence-electron chi connectivity index (χ3n) is 4.07. The van der Waals surface area contributed by atoms with Crippen molar-refractivity contribution in [2.75, 3.05) is 18.9 Å². The lowest BCUT2D eigenvalue weighted by molar-refractivity contribution is 0.0955. The van der Waals surface area contributed by atoms with Crippen LogP contribution in [0.4, 0.5) is 5.95 Å². The van der Waals surface area contributed by atoms with Crippen molar-refractivity contribution in [2.24, 2.45) is 0 Å². The Morgan fingerprint density at radius 1 is 1.15 bits per heavy atom. The summed E-state index contributed by atoms with van der Waals surface area (Å²) in [6.07, 6.45) is 4.53. The number of hydrogen-bond acceptors (Lipinski definition) is 5. The number of aryl methyl sites for hydroxylation is 1. The Morgan fingerprint density at radius 2 is 1.92 bits per heavy atom. The Morgan fingerprint density at radius 3 is 2.65 bits per heavy atom. The van der Waals surface area contributed by atoms with Gasteiger partial charge in [-0.05, 0) is 32.4 Å². The van der Waals surface area contributed by atoms with E-state index in [1.165, 1.54) is 12.8 Å². The molecule has 2 rings (SSSR count). The zero-order valence-corrected chi connectivity index (χ0v) is 15.8. The molecule has 0 aliphatic heterocycles. The van der Waals surface area contributed by atoms with E-state index in [9.17, 15) is 4.79 Å². The van der Waals surface area contributed by atoms with Gasteiger partial charge >= 0.3 is 0 Å². The Kier molecular flexibility index (Phi) is 7.38. The summed E-state index contributed by atoms with van der Waals surface area (Å²) >= 11 is 0. The number of anilines is 1. The van der Waals surface area contributed by atoms with E-state index in [0.29, 0.717) is 35.9 Å². The van der Waals surface area contributed by atoms with Crippen LogP contribution in [0.25, 0.3) is 11.3 Å². The summed E-state index contributed by atoms with van der Waals surface area (Å²) in [7, 11) is 0. The molecule has 0 bridgehead atoms. The quantitative estimate of drug-likeness (QED) is 0.668. The fourth-order valence-electron chi connectivity index (χ4n) is 2.81. The van der Waals surface area contributed by atoms with Crippen LogP contribution in [0.2, 0.25) is 0 Å². The molecule has 0 spiro atoms. The van der Waals surface area contributed by atoms with Gasteiger partial charge in [0.1, 0.15) is 5.75 Å². The number of benzene rings is 1. The lowest BCUT2D eigenvalue weighted by Gasteiger charge is -2.15. The lowest BCUT2D eigenvalue weighted by atomic mass is 10.0. The van der Waals surface area contributed by atoms with Crippen molar-refractivity contribution in [3.8, 4) is 17.0 Å². The number of nitrogens with zero attached hydrogens (tertiary/aromatic N) is 2. The van der Waals surface area contributed by atoms with Crippen molar-refractivity contribution in [3.05, 3.63) is 35.5 Å². The monoisotopic (exact) mass is 356 g/mol. The molecule has 1 heterocycles. The van der Waals surface area contributed by atoms with Crippen LogP contribution in [0.3, 0.4) is 0 Å². The van der Waals surface area contributed by atoms with Gasteiger partial charge < -0.3 is 15.8 Å². The Bertz CT molecular complexity index is 747. The highest BCUT2D eigenvalue weighted by Gasteiger charge is 2.21. The van der Waals surface area contributed by atoms with Gasteiger partial charge in [-0.2, -0.15) is 0 Å². The molecule has 140 valence electrons. The molecule has 0 saturated heterocycles. The van der Waals surface area contributed by atoms with Crippen LogP contribution in [0.1, 0.15) is 55.6 Å². The van der Waals surface area contributed by atoms with Gasteiger partial charge in [-0.3, -0.25) is 4.79 Å². The number of rotatable bonds is 9. The molecule has 0 atom stereocenters. The smallest absolute Gasteiger partial charge is 0.255 e. The van der Waals surface area contributed by atoms with E-state index < -0.39 is 0 Å². The minimum absolute atomic E-state index is 0.142. The Labute approximate surface area is 155 Å². The van der Waals surface area contributed by atoms with Gasteiger partial charge in [0.25, 0.3) is 5.91 Å². The molecule has 6 heteroatoms. The first-order chi connectivity index (χ1) is 12.6. The van der Waals surface area contributed by atoms with E-state index in [1.54, 1.807) is 6.92 Å². The summed E-state index contributed by atoms with van der Waals surface area (Å²) in [4.78, 5) is 21.0. The van der Waals surface area contributed by atoms with Crippen LogP contribution in [-0.2, 0) is 0 Å². The fourth-order valence-corrected chi connectivity index (χ4v) is 2.81. The first kappa shape index (κ1) is 19.7. The number of aromatic nitrogens is 2. The zero-order chi connectivity index (χ0) is 18.9. The molecule has 0 fully saturated rings. The van der Waals surface area contributed by atoms with Gasteiger partial charge in [-0.25, -0.2) is 9.97 Å². The third-order valence-corrected chi connectivity index (χ3v) is 4.07. The molecular weight excluding hydrogens is 328 g/mol. The number of nitrogens with one attached hydrogen (secondary N) is 1. The minimum Gasteiger partial charge on any atom is -0.493 e. The summed E-state index contributed by atoms with van der Waals surface area (Å²) in [5, 5.41) is 2.82. The molecule has 0 aliphatic rings. The fraction of sp³-hybridized carbons (Fsp3) is 0.450. The highest BCUT2D eigenvalue weighted by Crippen LogP contribution is 2.32. The van der Waals surface area contributed by atoms with E-state index >= 15 is 0 Å². The average Bonchev–Trinajstić information content (AvgIpc) is 2.61. The molecule has 1 aromatic carbocycles. The highest BCUT2D eigenvalue weighted by atomic mass is 16.5. The maximum absolute atomic E-state index is 12.5. The van der Waals surface area contributed by atoms with Crippen molar-refractivity contribution in [2.45, 2.75) is 46.5 Å². The first-order valence-electron chi connectivity index (χ1n) is 9.23. The zero-order valence-electron chi connectivity index (χ0n) is 15.8. The predicted octanol–water partition coefficient (Wildman–Crippen LogP) is 3.74. The largest absolute Gasteiger partial charge is 0.493 e. The molecule has 3 N–H and O–H groups in total. The van der Waals surface area contributed by atoms with Crippen LogP contribution in [0, 0.1) is 6.92 Å². The van der Waals surface area contributed by atoms with Gasteiger partial charge in [0.2, 0.25) is 5.95 Å². The second kappa shape index (κ2) is 9.75. The minimum atomic E-state index is -0.210. The molecule has 6 nitrogen and oxygen atoms in total. The van der Waals surface area contributed by atoms with Crippen molar-refractivity contribution in [1.29, 1.82) is 0 Å². The first-order valence-corrected chi connectivity index (χ1v) is 9.23. The van der Waals surface area contributed by atoms with Crippen LogP contribution < -0.4 is 15.8 Å². The molecule has 2 aromatic rings. The van der Waals surface area contributed by atoms with Gasteiger partial charge in [0, 0.05) is 12.1 Å². The van der Waals surface area contributed by atoms with Crippen molar-refractivity contribution in [3.63, 3.8) is 0 Å². The van der Waals surface area contributed by atoms with E-state index in [-0.39, 0.29) is 11.9 Å². The van der Waals surface area contributed by atoms with E-state index in [4.69, 9.17) is 10.5 Å². The van der Waals surface area contributed by atoms with E-state index in [1.807, 2.05) is 31.2 Å². The van der Waals surface area contributed by atoms with Crippen molar-refractivity contribution < 1.29 is 9.53 Å². The number of unbranched alkanes of at least 4 members (excludes halogenated alkanes) is 3. The standard InChI is InChI=1S/C20H28N4O2/c1-4-6-7-10-13-26-16-12-9-8-11-15(16)18-17(19(25)22-5-2)14(3)23-20(21)24-18/h8-9,11-12H,4-7,10,13H2,1-3H3,(H,22,25)(H2,21,23,24). The number of carbonyl (C=O) groups excluding carboxylic acids is 1. The van der Waals surface area contributed by atoms with Gasteiger partial charge in [0.15, 0.2) is 0 Å². The van der Waals surface area contributed by atoms with Crippen molar-refractivity contribution >= 4 is 11.9 Å². The summed E-state index contributed by atoms with van der Waals surface area (Å²) in [5.74, 6) is 0.632. The summed E-state index contributed by atoms with van der Waals surface area (Å²) in [6.45, 7) is 6.98. The average molecular weight is 356 g/mol. The molecular formula is C20H28N4O2. The molecule has 0 radical (unpaired) electrons. The second-order valence-corrected chi connectivity index (χ2v) is 6.16. The molecule has 0 unspecified atom stereocenters. The van der Waals surface area contributed by atoms with Crippen LogP contribution in [-0.4, -0.2) is 29.0 Å². The number of ether oxygens (including phenoxy) is 1. The topological polar surface area (TPSA) is 90.1 Å². The SMILES string of the molecule is CCCCCCOc1ccccc1-c1nc(N)nc(C)c1C(=O)NCC. The van der Waals surface area contributed by atoms with Gasteiger partial charge in [-0.1, -0.05) is 38.3 Å². The Balaban J connectivity index is 2.37. The molecule has 0 aliphatic carbocycles. The van der Waals surface area contributed by atoms with Gasteiger partial charge in [-0.15, -0.1) is 0 Å². The van der Waals surface area contributed by atoms with Gasteiger partial charge in [0.05, 0.1) is 23.6 Å². The number of para-hydroxylation sites is 1. The summed E-state index contributed by atoms with van der Waals surface area (Å²) < 4.78 is 5.98. The normalized spacial score (nSPS) is 10.6. The summed E-state index contributed by atoms with van der Waals surface area (Å²) in [6, 6.07) is 7.60. The number of amides is 1. The maximum Gasteiger partial charge on any atom is 0.255 e. The van der Waals surface area contributed by atoms with Crippen LogP contribution in [0.5, 0.6) is 5.75 Å². The van der Waals surface area contributed by atoms with Crippen LogP contribution >= 0.6 is 0 Å². The number of hydrogen-bond donors (Lipinski definition) is 2. The lowest BCUT2D eigenvalue weighted by Crippen LogP contribution is -2.25. The number of nitrogens with two attached hydrogens (primary N) is 1. The number of nitrogen functional groups attached to an aromatic ring is 1. The molecule has 26 heavy (non-hydrogen) atoms. The van der Waals surface area contributed by atoms with E-state index in [0.717, 1.165) is 18.4 Å². The maximum atomic E-state index is 12.5. The Hall–Kier alpha value is -2.63. The molecule has 0 saturated carbocycles. The molecule has 1 amide bonds. The predicted molar refractivity (Wildman–Crippen MR) is 104 cm³/mol. The number of carbonyl (C=O) groups is 1. The van der Waals surface area contributed by atoms with Crippen molar-refractivity contribution in [1.82, 2.24) is 15.3 Å². The highest BCUT2D eigenvalue weighted by molar-refractivity contribution is 6.01. The summed E-state index contributed by atoms with van der Waals surface area (Å²) in [5.41, 5.74) is 8.09. The third kappa shape index (κ3) is 4.94. The molecule has 1 aromatic heterocycles. The van der Waals surface area contributed by atoms with E-state index in [2.05, 4.69) is 22.2 Å². The second-order valence-electron chi connectivity index (χ2n) is 6.16. The van der Waals surface area contributed by atoms with Crippen LogP contribution in [0.15, 0.2) is 24.3 Å².